The van der Waals surface area contributed by atoms with E-state index in [1.54, 1.807) is 0 Å². The van der Waals surface area contributed by atoms with Crippen molar-refractivity contribution in [3.8, 4) is 0 Å². The summed E-state index contributed by atoms with van der Waals surface area (Å²) >= 11 is 9.75. The molecule has 1 aromatic carbocycles. The van der Waals surface area contributed by atoms with Crippen molar-refractivity contribution in [3.63, 3.8) is 0 Å². The van der Waals surface area contributed by atoms with E-state index >= 15 is 0 Å². The fourth-order valence-corrected chi connectivity index (χ4v) is 3.84. The molecule has 1 fully saturated rings. The van der Waals surface area contributed by atoms with E-state index in [0.717, 1.165) is 40.6 Å². The minimum absolute atomic E-state index is 0.0666. The largest absolute Gasteiger partial charge is 0.325 e. The van der Waals surface area contributed by atoms with Crippen molar-refractivity contribution < 1.29 is 0 Å². The van der Waals surface area contributed by atoms with E-state index in [0.29, 0.717) is 0 Å². The molecule has 0 aromatic heterocycles. The standard InChI is InChI=1S/C16H23BrClN/c1-11(2)12-5-7-16(19,8-6-12)10-13-3-4-14(17)9-15(13)18/h3-4,9,11-12H,5-8,10,19H2,1-2H3. The smallest absolute Gasteiger partial charge is 0.0449 e. The van der Waals surface area contributed by atoms with E-state index in [1.807, 2.05) is 12.1 Å². The number of rotatable bonds is 3. The van der Waals surface area contributed by atoms with Gasteiger partial charge >= 0.3 is 0 Å². The van der Waals surface area contributed by atoms with Crippen molar-refractivity contribution in [2.45, 2.75) is 51.5 Å². The normalized spacial score (nSPS) is 27.8. The summed E-state index contributed by atoms with van der Waals surface area (Å²) in [6.45, 7) is 4.64. The Morgan fingerprint density at radius 1 is 1.37 bits per heavy atom. The van der Waals surface area contributed by atoms with Crippen molar-refractivity contribution in [3.05, 3.63) is 33.3 Å². The fraction of sp³-hybridized carbons (Fsp3) is 0.625. The van der Waals surface area contributed by atoms with E-state index in [9.17, 15) is 0 Å². The molecule has 0 saturated heterocycles. The molecule has 3 heteroatoms. The fourth-order valence-electron chi connectivity index (χ4n) is 3.10. The summed E-state index contributed by atoms with van der Waals surface area (Å²) in [6.07, 6.45) is 5.62. The molecule has 2 rings (SSSR count). The molecule has 1 saturated carbocycles. The minimum Gasteiger partial charge on any atom is -0.325 e. The first-order valence-electron chi connectivity index (χ1n) is 7.12. The molecule has 1 aliphatic rings. The molecule has 0 heterocycles. The Labute approximate surface area is 130 Å². The topological polar surface area (TPSA) is 26.0 Å². The predicted molar refractivity (Wildman–Crippen MR) is 86.6 cm³/mol. The van der Waals surface area contributed by atoms with Gasteiger partial charge in [-0.15, -0.1) is 0 Å². The molecule has 0 spiro atoms. The summed E-state index contributed by atoms with van der Waals surface area (Å²) in [5, 5.41) is 0.824. The lowest BCUT2D eigenvalue weighted by Crippen LogP contribution is -2.45. The number of hydrogen-bond acceptors (Lipinski definition) is 1. The Bertz CT molecular complexity index is 436. The van der Waals surface area contributed by atoms with Crippen molar-refractivity contribution >= 4 is 27.5 Å². The molecule has 0 unspecified atom stereocenters. The summed E-state index contributed by atoms with van der Waals surface area (Å²) in [5.41, 5.74) is 7.70. The van der Waals surface area contributed by atoms with Crippen molar-refractivity contribution in [2.75, 3.05) is 0 Å². The van der Waals surface area contributed by atoms with Crippen LogP contribution >= 0.6 is 27.5 Å². The van der Waals surface area contributed by atoms with Crippen LogP contribution in [0.1, 0.15) is 45.1 Å². The Balaban J connectivity index is 2.03. The average Bonchev–Trinajstić information content (AvgIpc) is 2.33. The maximum Gasteiger partial charge on any atom is 0.0449 e. The van der Waals surface area contributed by atoms with Crippen LogP contribution in [0.25, 0.3) is 0 Å². The van der Waals surface area contributed by atoms with E-state index in [4.69, 9.17) is 17.3 Å². The third-order valence-electron chi connectivity index (χ3n) is 4.53. The second-order valence-electron chi connectivity index (χ2n) is 6.36. The lowest BCUT2D eigenvalue weighted by molar-refractivity contribution is 0.194. The summed E-state index contributed by atoms with van der Waals surface area (Å²) in [7, 11) is 0. The van der Waals surface area contributed by atoms with Gasteiger partial charge in [0, 0.05) is 15.0 Å². The second-order valence-corrected chi connectivity index (χ2v) is 7.68. The maximum absolute atomic E-state index is 6.59. The molecule has 0 amide bonds. The van der Waals surface area contributed by atoms with Gasteiger partial charge in [-0.2, -0.15) is 0 Å². The molecule has 2 N–H and O–H groups in total. The predicted octanol–water partition coefficient (Wildman–Crippen LogP) is 5.19. The molecule has 1 aliphatic carbocycles. The highest BCUT2D eigenvalue weighted by Gasteiger charge is 2.33. The molecule has 106 valence electrons. The first-order valence-corrected chi connectivity index (χ1v) is 8.29. The molecular weight excluding hydrogens is 322 g/mol. The molecule has 1 aromatic rings. The second kappa shape index (κ2) is 6.15. The molecule has 0 aliphatic heterocycles. The van der Waals surface area contributed by atoms with E-state index in [1.165, 1.54) is 18.4 Å². The van der Waals surface area contributed by atoms with E-state index in [2.05, 4.69) is 35.8 Å². The Kier molecular flexibility index (Phi) is 4.97. The third-order valence-corrected chi connectivity index (χ3v) is 5.37. The third kappa shape index (κ3) is 3.96. The van der Waals surface area contributed by atoms with Gasteiger partial charge in [-0.1, -0.05) is 47.4 Å². The van der Waals surface area contributed by atoms with Crippen LogP contribution < -0.4 is 5.73 Å². The van der Waals surface area contributed by atoms with Gasteiger partial charge in [0.05, 0.1) is 0 Å². The lowest BCUT2D eigenvalue weighted by atomic mass is 9.71. The van der Waals surface area contributed by atoms with Crippen LogP contribution in [0.15, 0.2) is 22.7 Å². The molecular formula is C16H23BrClN. The molecule has 1 nitrogen and oxygen atoms in total. The Morgan fingerprint density at radius 2 is 2.00 bits per heavy atom. The quantitative estimate of drug-likeness (QED) is 0.802. The number of halogens is 2. The highest BCUT2D eigenvalue weighted by atomic mass is 79.9. The Morgan fingerprint density at radius 3 is 2.53 bits per heavy atom. The van der Waals surface area contributed by atoms with Gasteiger partial charge in [0.1, 0.15) is 0 Å². The van der Waals surface area contributed by atoms with Crippen LogP contribution in [0, 0.1) is 11.8 Å². The molecule has 19 heavy (non-hydrogen) atoms. The van der Waals surface area contributed by atoms with Crippen LogP contribution in [0.2, 0.25) is 5.02 Å². The van der Waals surface area contributed by atoms with Gasteiger partial charge in [0.15, 0.2) is 0 Å². The zero-order valence-electron chi connectivity index (χ0n) is 11.8. The first kappa shape index (κ1) is 15.3. The van der Waals surface area contributed by atoms with E-state index in [-0.39, 0.29) is 5.54 Å². The van der Waals surface area contributed by atoms with Gasteiger partial charge in [-0.05, 0) is 61.6 Å². The minimum atomic E-state index is -0.0666. The van der Waals surface area contributed by atoms with Gasteiger partial charge in [-0.3, -0.25) is 0 Å². The summed E-state index contributed by atoms with van der Waals surface area (Å²) in [6, 6.07) is 6.10. The average molecular weight is 345 g/mol. The van der Waals surface area contributed by atoms with Gasteiger partial charge in [0.2, 0.25) is 0 Å². The van der Waals surface area contributed by atoms with Gasteiger partial charge < -0.3 is 5.73 Å². The van der Waals surface area contributed by atoms with Crippen LogP contribution in [0.5, 0.6) is 0 Å². The Hall–Kier alpha value is -0.0500. The molecule has 0 radical (unpaired) electrons. The van der Waals surface area contributed by atoms with Crippen LogP contribution in [0.4, 0.5) is 0 Å². The van der Waals surface area contributed by atoms with Gasteiger partial charge in [-0.25, -0.2) is 0 Å². The van der Waals surface area contributed by atoms with Crippen molar-refractivity contribution in [2.24, 2.45) is 17.6 Å². The molecule has 0 bridgehead atoms. The summed E-state index contributed by atoms with van der Waals surface area (Å²) in [4.78, 5) is 0. The van der Waals surface area contributed by atoms with Crippen molar-refractivity contribution in [1.82, 2.24) is 0 Å². The van der Waals surface area contributed by atoms with E-state index < -0.39 is 0 Å². The highest BCUT2D eigenvalue weighted by molar-refractivity contribution is 9.10. The number of hydrogen-bond donors (Lipinski definition) is 1. The first-order chi connectivity index (χ1) is 8.89. The molecule has 0 atom stereocenters. The monoisotopic (exact) mass is 343 g/mol. The zero-order chi connectivity index (χ0) is 14.0. The van der Waals surface area contributed by atoms with Gasteiger partial charge in [0.25, 0.3) is 0 Å². The van der Waals surface area contributed by atoms with Crippen LogP contribution in [-0.4, -0.2) is 5.54 Å². The summed E-state index contributed by atoms with van der Waals surface area (Å²) in [5.74, 6) is 1.62. The summed E-state index contributed by atoms with van der Waals surface area (Å²) < 4.78 is 1.02. The SMILES string of the molecule is CC(C)C1CCC(N)(Cc2ccc(Br)cc2Cl)CC1. The van der Waals surface area contributed by atoms with Crippen LogP contribution in [-0.2, 0) is 6.42 Å². The number of nitrogens with two attached hydrogens (primary N) is 1. The maximum atomic E-state index is 6.59. The lowest BCUT2D eigenvalue weighted by Gasteiger charge is -2.39. The highest BCUT2D eigenvalue weighted by Crippen LogP contribution is 2.37. The van der Waals surface area contributed by atoms with Crippen molar-refractivity contribution in [1.29, 1.82) is 0 Å². The zero-order valence-corrected chi connectivity index (χ0v) is 14.1. The number of benzene rings is 1. The van der Waals surface area contributed by atoms with Crippen LogP contribution in [0.3, 0.4) is 0 Å².